The Balaban J connectivity index is 1.09. The van der Waals surface area contributed by atoms with Crippen LogP contribution < -0.4 is 25.4 Å². The predicted molar refractivity (Wildman–Crippen MR) is 123 cm³/mol. The van der Waals surface area contributed by atoms with Gasteiger partial charge >= 0.3 is 6.03 Å². The molecule has 0 aromatic heterocycles. The number of thioether (sulfide) groups is 1. The van der Waals surface area contributed by atoms with Gasteiger partial charge in [0.2, 0.25) is 12.7 Å². The third-order valence-electron chi connectivity index (χ3n) is 6.21. The lowest BCUT2D eigenvalue weighted by atomic mass is 10.0. The van der Waals surface area contributed by atoms with Crippen LogP contribution in [0.3, 0.4) is 0 Å². The Hall–Kier alpha value is -3.05. The SMILES string of the molecule is O=C(NCc1ccc2c(c1)OCO2)C1CSC2(CCN(C(=O)Nc3ccc(F)c(F)c3)CC2)N1. The standard InChI is InChI=1S/C23H24F2N4O4S/c24-16-3-2-15(10-17(16)25)27-22(31)29-7-5-23(6-8-29)28-18(12-34-23)21(30)26-11-14-1-4-19-20(9-14)33-13-32-19/h1-4,9-10,18,28H,5-8,11-13H2,(H,26,30)(H,27,31). The summed E-state index contributed by atoms with van der Waals surface area (Å²) in [6.07, 6.45) is 1.35. The molecule has 3 aliphatic rings. The highest BCUT2D eigenvalue weighted by molar-refractivity contribution is 8.01. The highest BCUT2D eigenvalue weighted by atomic mass is 32.2. The molecule has 1 unspecified atom stereocenters. The van der Waals surface area contributed by atoms with E-state index in [0.29, 0.717) is 49.7 Å². The number of amides is 3. The van der Waals surface area contributed by atoms with Crippen LogP contribution in [0.25, 0.3) is 0 Å². The summed E-state index contributed by atoms with van der Waals surface area (Å²) in [5, 5.41) is 9.04. The summed E-state index contributed by atoms with van der Waals surface area (Å²) in [5.74, 6) is -0.00740. The quantitative estimate of drug-likeness (QED) is 0.610. The number of urea groups is 1. The molecule has 3 heterocycles. The largest absolute Gasteiger partial charge is 0.454 e. The number of hydrogen-bond donors (Lipinski definition) is 3. The normalized spacial score (nSPS) is 20.4. The van der Waals surface area contributed by atoms with Crippen molar-refractivity contribution in [2.24, 2.45) is 0 Å². The number of ether oxygens (including phenoxy) is 2. The number of rotatable bonds is 4. The number of halogens is 2. The van der Waals surface area contributed by atoms with Gasteiger partial charge in [-0.05, 0) is 42.7 Å². The second kappa shape index (κ2) is 9.30. The topological polar surface area (TPSA) is 91.9 Å². The minimum Gasteiger partial charge on any atom is -0.454 e. The Labute approximate surface area is 199 Å². The maximum Gasteiger partial charge on any atom is 0.321 e. The van der Waals surface area contributed by atoms with E-state index in [1.165, 1.54) is 6.07 Å². The van der Waals surface area contributed by atoms with Crippen LogP contribution in [0.15, 0.2) is 36.4 Å². The predicted octanol–water partition coefficient (Wildman–Crippen LogP) is 3.04. The van der Waals surface area contributed by atoms with Crippen LogP contribution in [0, 0.1) is 11.6 Å². The molecule has 0 saturated carbocycles. The number of fused-ring (bicyclic) bond motifs is 1. The van der Waals surface area contributed by atoms with Crippen molar-refractivity contribution in [1.82, 2.24) is 15.5 Å². The Morgan fingerprint density at radius 3 is 2.68 bits per heavy atom. The average molecular weight is 491 g/mol. The fourth-order valence-electron chi connectivity index (χ4n) is 4.28. The summed E-state index contributed by atoms with van der Waals surface area (Å²) in [7, 11) is 0. The zero-order valence-corrected chi connectivity index (χ0v) is 19.1. The highest BCUT2D eigenvalue weighted by Crippen LogP contribution is 2.39. The molecule has 3 aliphatic heterocycles. The van der Waals surface area contributed by atoms with Gasteiger partial charge in [-0.25, -0.2) is 13.6 Å². The summed E-state index contributed by atoms with van der Waals surface area (Å²) in [6, 6.07) is 8.17. The second-order valence-corrected chi connectivity index (χ2v) is 9.86. The highest BCUT2D eigenvalue weighted by Gasteiger charge is 2.44. The zero-order chi connectivity index (χ0) is 23.7. The smallest absolute Gasteiger partial charge is 0.321 e. The molecule has 3 N–H and O–H groups in total. The lowest BCUT2D eigenvalue weighted by Crippen LogP contribution is -2.54. The monoisotopic (exact) mass is 490 g/mol. The van der Waals surface area contributed by atoms with Crippen molar-refractivity contribution in [3.63, 3.8) is 0 Å². The molecule has 34 heavy (non-hydrogen) atoms. The number of benzene rings is 2. The third-order valence-corrected chi connectivity index (χ3v) is 7.79. The maximum absolute atomic E-state index is 13.4. The molecule has 0 radical (unpaired) electrons. The van der Waals surface area contributed by atoms with Gasteiger partial charge < -0.3 is 25.0 Å². The molecular weight excluding hydrogens is 466 g/mol. The van der Waals surface area contributed by atoms with E-state index in [1.54, 1.807) is 16.7 Å². The van der Waals surface area contributed by atoms with Crippen molar-refractivity contribution in [2.75, 3.05) is 31.0 Å². The molecule has 2 aromatic rings. The molecule has 1 spiro atoms. The van der Waals surface area contributed by atoms with E-state index >= 15 is 0 Å². The number of hydrogen-bond acceptors (Lipinski definition) is 6. The molecule has 11 heteroatoms. The number of piperidine rings is 1. The molecule has 5 rings (SSSR count). The lowest BCUT2D eigenvalue weighted by molar-refractivity contribution is -0.122. The van der Waals surface area contributed by atoms with Crippen molar-refractivity contribution >= 4 is 29.4 Å². The van der Waals surface area contributed by atoms with Crippen LogP contribution >= 0.6 is 11.8 Å². The van der Waals surface area contributed by atoms with Gasteiger partial charge in [0, 0.05) is 37.1 Å². The summed E-state index contributed by atoms with van der Waals surface area (Å²) in [6.45, 7) is 1.58. The first kappa shape index (κ1) is 22.7. The second-order valence-electron chi connectivity index (χ2n) is 8.45. The van der Waals surface area contributed by atoms with Crippen molar-refractivity contribution in [2.45, 2.75) is 30.3 Å². The van der Waals surface area contributed by atoms with Crippen molar-refractivity contribution < 1.29 is 27.8 Å². The molecule has 2 aromatic carbocycles. The van der Waals surface area contributed by atoms with Gasteiger partial charge in [-0.2, -0.15) is 0 Å². The van der Waals surface area contributed by atoms with Crippen LogP contribution in [-0.4, -0.2) is 53.4 Å². The van der Waals surface area contributed by atoms with E-state index in [1.807, 2.05) is 18.2 Å². The Morgan fingerprint density at radius 1 is 1.09 bits per heavy atom. The summed E-state index contributed by atoms with van der Waals surface area (Å²) in [4.78, 5) is 26.6. The van der Waals surface area contributed by atoms with Crippen molar-refractivity contribution in [1.29, 1.82) is 0 Å². The minimum atomic E-state index is -1.01. The first-order valence-corrected chi connectivity index (χ1v) is 12.0. The number of carbonyl (C=O) groups excluding carboxylic acids is 2. The third kappa shape index (κ3) is 4.76. The fraction of sp³-hybridized carbons (Fsp3) is 0.391. The fourth-order valence-corrected chi connectivity index (χ4v) is 5.70. The molecule has 8 nitrogen and oxygen atoms in total. The van der Waals surface area contributed by atoms with Crippen molar-refractivity contribution in [3.8, 4) is 11.5 Å². The number of carbonyl (C=O) groups is 2. The minimum absolute atomic E-state index is 0.0689. The van der Waals surface area contributed by atoms with Crippen LogP contribution in [-0.2, 0) is 11.3 Å². The molecular formula is C23H24F2N4O4S. The van der Waals surface area contributed by atoms with Gasteiger partial charge in [0.15, 0.2) is 23.1 Å². The summed E-state index contributed by atoms with van der Waals surface area (Å²) in [5.41, 5.74) is 1.13. The number of anilines is 1. The molecule has 3 amide bonds. The maximum atomic E-state index is 13.4. The van der Waals surface area contributed by atoms with Gasteiger partial charge in [0.1, 0.15) is 0 Å². The van der Waals surface area contributed by atoms with Crippen molar-refractivity contribution in [3.05, 3.63) is 53.6 Å². The van der Waals surface area contributed by atoms with E-state index in [9.17, 15) is 18.4 Å². The molecule has 180 valence electrons. The van der Waals surface area contributed by atoms with Gasteiger partial charge in [-0.3, -0.25) is 10.1 Å². The number of nitrogens with one attached hydrogen (secondary N) is 3. The number of nitrogens with zero attached hydrogens (tertiary/aromatic N) is 1. The summed E-state index contributed by atoms with van der Waals surface area (Å²) < 4.78 is 37.1. The van der Waals surface area contributed by atoms with Gasteiger partial charge in [-0.1, -0.05) is 6.07 Å². The van der Waals surface area contributed by atoms with E-state index in [-0.39, 0.29) is 35.3 Å². The van der Waals surface area contributed by atoms with E-state index in [0.717, 1.165) is 17.7 Å². The van der Waals surface area contributed by atoms with E-state index < -0.39 is 11.6 Å². The number of likely N-dealkylation sites (tertiary alicyclic amines) is 1. The first-order chi connectivity index (χ1) is 16.4. The molecule has 2 fully saturated rings. The first-order valence-electron chi connectivity index (χ1n) is 11.0. The molecule has 0 aliphatic carbocycles. The molecule has 0 bridgehead atoms. The molecule has 1 atom stereocenters. The van der Waals surface area contributed by atoms with E-state index in [4.69, 9.17) is 9.47 Å². The lowest BCUT2D eigenvalue weighted by Gasteiger charge is -2.39. The molecule has 2 saturated heterocycles. The zero-order valence-electron chi connectivity index (χ0n) is 18.2. The van der Waals surface area contributed by atoms with Gasteiger partial charge in [0.05, 0.1) is 10.9 Å². The Morgan fingerprint density at radius 2 is 1.88 bits per heavy atom. The van der Waals surface area contributed by atoms with Crippen LogP contribution in [0.4, 0.5) is 19.3 Å². The Kier molecular flexibility index (Phi) is 6.22. The van der Waals surface area contributed by atoms with Crippen LogP contribution in [0.5, 0.6) is 11.5 Å². The summed E-state index contributed by atoms with van der Waals surface area (Å²) >= 11 is 1.70. The average Bonchev–Trinajstić information content (AvgIpc) is 3.47. The van der Waals surface area contributed by atoms with Crippen LogP contribution in [0.2, 0.25) is 0 Å². The Bertz CT molecular complexity index is 1110. The van der Waals surface area contributed by atoms with Gasteiger partial charge in [0.25, 0.3) is 0 Å². The van der Waals surface area contributed by atoms with E-state index in [2.05, 4.69) is 16.0 Å². The van der Waals surface area contributed by atoms with Crippen LogP contribution in [0.1, 0.15) is 18.4 Å². The van der Waals surface area contributed by atoms with Gasteiger partial charge in [-0.15, -0.1) is 11.8 Å².